The lowest BCUT2D eigenvalue weighted by Crippen LogP contribution is -2.12. The molecule has 104 valence electrons. The highest BCUT2D eigenvalue weighted by molar-refractivity contribution is 7.21. The largest absolute Gasteiger partial charge is 0.326 e. The van der Waals surface area contributed by atoms with E-state index in [-0.39, 0.29) is 11.8 Å². The number of nitrogens with one attached hydrogen (secondary N) is 1. The number of nitrogens with zero attached hydrogens (tertiary/aromatic N) is 1. The standard InChI is InChI=1S/C17H14N2OS/c20-16(11-5-6-11)18-13-9-7-12(8-10-13)17-19-14-3-1-2-4-15(14)21-17/h1-4,7-11H,5-6H2,(H,18,20). The minimum Gasteiger partial charge on any atom is -0.326 e. The summed E-state index contributed by atoms with van der Waals surface area (Å²) in [6.07, 6.45) is 2.05. The molecule has 1 aliphatic rings. The van der Waals surface area contributed by atoms with Gasteiger partial charge in [-0.2, -0.15) is 0 Å². The van der Waals surface area contributed by atoms with Crippen LogP contribution >= 0.6 is 11.3 Å². The number of hydrogen-bond donors (Lipinski definition) is 1. The summed E-state index contributed by atoms with van der Waals surface area (Å²) in [4.78, 5) is 16.4. The van der Waals surface area contributed by atoms with Gasteiger partial charge in [-0.15, -0.1) is 11.3 Å². The van der Waals surface area contributed by atoms with Crippen LogP contribution < -0.4 is 5.32 Å². The molecule has 21 heavy (non-hydrogen) atoms. The van der Waals surface area contributed by atoms with Crippen molar-refractivity contribution in [2.75, 3.05) is 5.32 Å². The van der Waals surface area contributed by atoms with E-state index >= 15 is 0 Å². The van der Waals surface area contributed by atoms with Crippen LogP contribution in [0.3, 0.4) is 0 Å². The molecule has 1 N–H and O–H groups in total. The molecule has 1 fully saturated rings. The van der Waals surface area contributed by atoms with Crippen molar-refractivity contribution in [2.24, 2.45) is 5.92 Å². The molecule has 0 radical (unpaired) electrons. The molecule has 1 heterocycles. The summed E-state index contributed by atoms with van der Waals surface area (Å²) in [5.74, 6) is 0.372. The molecule has 1 amide bonds. The molecule has 0 saturated heterocycles. The third-order valence-corrected chi connectivity index (χ3v) is 4.73. The van der Waals surface area contributed by atoms with Gasteiger partial charge in [0.15, 0.2) is 0 Å². The first-order valence-corrected chi connectivity index (χ1v) is 7.88. The second-order valence-corrected chi connectivity index (χ2v) is 6.36. The van der Waals surface area contributed by atoms with Gasteiger partial charge in [0.2, 0.25) is 5.91 Å². The average Bonchev–Trinajstić information content (AvgIpc) is 3.27. The Kier molecular flexibility index (Phi) is 2.97. The van der Waals surface area contributed by atoms with Gasteiger partial charge in [0, 0.05) is 17.2 Å². The molecule has 1 aliphatic carbocycles. The number of carbonyl (C=O) groups excluding carboxylic acids is 1. The van der Waals surface area contributed by atoms with Gasteiger partial charge in [-0.05, 0) is 49.2 Å². The Balaban J connectivity index is 1.58. The highest BCUT2D eigenvalue weighted by Gasteiger charge is 2.29. The summed E-state index contributed by atoms with van der Waals surface area (Å²) in [6.45, 7) is 0. The van der Waals surface area contributed by atoms with Gasteiger partial charge in [-0.1, -0.05) is 12.1 Å². The molecule has 0 atom stereocenters. The average molecular weight is 294 g/mol. The summed E-state index contributed by atoms with van der Waals surface area (Å²) in [7, 11) is 0. The molecule has 4 rings (SSSR count). The Morgan fingerprint density at radius 1 is 1.10 bits per heavy atom. The molecule has 2 aromatic carbocycles. The van der Waals surface area contributed by atoms with Crippen LogP contribution in [0.15, 0.2) is 48.5 Å². The maximum absolute atomic E-state index is 11.7. The van der Waals surface area contributed by atoms with Crippen molar-refractivity contribution in [2.45, 2.75) is 12.8 Å². The third kappa shape index (κ3) is 2.54. The SMILES string of the molecule is O=C(Nc1ccc(-c2nc3ccccc3s2)cc1)C1CC1. The zero-order valence-electron chi connectivity index (χ0n) is 11.4. The first-order chi connectivity index (χ1) is 10.3. The number of anilines is 1. The highest BCUT2D eigenvalue weighted by Crippen LogP contribution is 2.32. The van der Waals surface area contributed by atoms with Gasteiger partial charge in [0.1, 0.15) is 5.01 Å². The molecule has 0 unspecified atom stereocenters. The number of amides is 1. The summed E-state index contributed by atoms with van der Waals surface area (Å²) in [5, 5.41) is 3.96. The van der Waals surface area contributed by atoms with Crippen molar-refractivity contribution in [1.82, 2.24) is 4.98 Å². The lowest BCUT2D eigenvalue weighted by atomic mass is 10.2. The van der Waals surface area contributed by atoms with Crippen molar-refractivity contribution < 1.29 is 4.79 Å². The normalized spacial score (nSPS) is 14.3. The number of fused-ring (bicyclic) bond motifs is 1. The van der Waals surface area contributed by atoms with E-state index in [9.17, 15) is 4.79 Å². The third-order valence-electron chi connectivity index (χ3n) is 3.64. The van der Waals surface area contributed by atoms with Crippen LogP contribution in [0.4, 0.5) is 5.69 Å². The van der Waals surface area contributed by atoms with Crippen LogP contribution in [0.5, 0.6) is 0 Å². The number of aromatic nitrogens is 1. The summed E-state index contributed by atoms with van der Waals surface area (Å²) in [5.41, 5.74) is 2.97. The van der Waals surface area contributed by atoms with Crippen molar-refractivity contribution in [1.29, 1.82) is 0 Å². The van der Waals surface area contributed by atoms with Gasteiger partial charge in [-0.25, -0.2) is 4.98 Å². The van der Waals surface area contributed by atoms with E-state index in [1.54, 1.807) is 11.3 Å². The maximum Gasteiger partial charge on any atom is 0.227 e. The van der Waals surface area contributed by atoms with Gasteiger partial charge in [0.05, 0.1) is 10.2 Å². The number of rotatable bonds is 3. The van der Waals surface area contributed by atoms with E-state index < -0.39 is 0 Å². The van der Waals surface area contributed by atoms with Crippen molar-refractivity contribution in [3.05, 3.63) is 48.5 Å². The second-order valence-electron chi connectivity index (χ2n) is 5.33. The Labute approximate surface area is 126 Å². The van der Waals surface area contributed by atoms with Crippen LogP contribution in [0.2, 0.25) is 0 Å². The molecule has 0 spiro atoms. The molecule has 3 nitrogen and oxygen atoms in total. The number of thiazole rings is 1. The summed E-state index contributed by atoms with van der Waals surface area (Å²) < 4.78 is 1.19. The predicted molar refractivity (Wildman–Crippen MR) is 86.4 cm³/mol. The van der Waals surface area contributed by atoms with Gasteiger partial charge < -0.3 is 5.32 Å². The second kappa shape index (κ2) is 4.97. The van der Waals surface area contributed by atoms with Crippen LogP contribution in [0.1, 0.15) is 12.8 Å². The Morgan fingerprint density at radius 2 is 1.86 bits per heavy atom. The first-order valence-electron chi connectivity index (χ1n) is 7.06. The van der Waals surface area contributed by atoms with Gasteiger partial charge in [0.25, 0.3) is 0 Å². The van der Waals surface area contributed by atoms with Gasteiger partial charge in [-0.3, -0.25) is 4.79 Å². The Hall–Kier alpha value is -2.20. The van der Waals surface area contributed by atoms with Crippen LogP contribution in [0, 0.1) is 5.92 Å². The molecular formula is C17H14N2OS. The predicted octanol–water partition coefficient (Wildman–Crippen LogP) is 4.31. The minimum absolute atomic E-state index is 0.141. The van der Waals surface area contributed by atoms with E-state index in [0.717, 1.165) is 34.6 Å². The van der Waals surface area contributed by atoms with E-state index in [1.165, 1.54) is 4.70 Å². The molecule has 0 aliphatic heterocycles. The fourth-order valence-electron chi connectivity index (χ4n) is 2.28. The zero-order valence-corrected chi connectivity index (χ0v) is 12.2. The van der Waals surface area contributed by atoms with Gasteiger partial charge >= 0.3 is 0 Å². The Bertz CT molecular complexity index is 770. The lowest BCUT2D eigenvalue weighted by molar-refractivity contribution is -0.117. The fourth-order valence-corrected chi connectivity index (χ4v) is 3.25. The number of hydrogen-bond acceptors (Lipinski definition) is 3. The maximum atomic E-state index is 11.7. The molecule has 1 saturated carbocycles. The van der Waals surface area contributed by atoms with E-state index in [4.69, 9.17) is 0 Å². The van der Waals surface area contributed by atoms with E-state index in [1.807, 2.05) is 42.5 Å². The van der Waals surface area contributed by atoms with Crippen LogP contribution in [0.25, 0.3) is 20.8 Å². The van der Waals surface area contributed by atoms with Crippen molar-refractivity contribution in [3.63, 3.8) is 0 Å². The zero-order chi connectivity index (χ0) is 14.2. The molecule has 3 aromatic rings. The first kappa shape index (κ1) is 12.5. The summed E-state index contributed by atoms with van der Waals surface area (Å²) >= 11 is 1.69. The van der Waals surface area contributed by atoms with Crippen LogP contribution in [-0.4, -0.2) is 10.9 Å². The topological polar surface area (TPSA) is 42.0 Å². The summed E-state index contributed by atoms with van der Waals surface area (Å²) in [6, 6.07) is 16.1. The minimum atomic E-state index is 0.141. The number of carbonyl (C=O) groups is 1. The smallest absolute Gasteiger partial charge is 0.227 e. The monoisotopic (exact) mass is 294 g/mol. The van der Waals surface area contributed by atoms with Crippen molar-refractivity contribution >= 4 is 33.1 Å². The van der Waals surface area contributed by atoms with Crippen molar-refractivity contribution in [3.8, 4) is 10.6 Å². The number of benzene rings is 2. The highest BCUT2D eigenvalue weighted by atomic mass is 32.1. The van der Waals surface area contributed by atoms with Crippen LogP contribution in [-0.2, 0) is 4.79 Å². The quantitative estimate of drug-likeness (QED) is 0.782. The molecular weight excluding hydrogens is 280 g/mol. The molecule has 1 aromatic heterocycles. The number of para-hydroxylation sites is 1. The van der Waals surface area contributed by atoms with E-state index in [2.05, 4.69) is 16.4 Å². The van der Waals surface area contributed by atoms with E-state index in [0.29, 0.717) is 0 Å². The molecule has 4 heteroatoms. The lowest BCUT2D eigenvalue weighted by Gasteiger charge is -2.04. The molecule has 0 bridgehead atoms. The Morgan fingerprint density at radius 3 is 2.57 bits per heavy atom. The fraction of sp³-hybridized carbons (Fsp3) is 0.176.